The molecule has 0 aromatic heterocycles. The Balaban J connectivity index is 2.58. The lowest BCUT2D eigenvalue weighted by molar-refractivity contribution is 0.185. The van der Waals surface area contributed by atoms with Crippen LogP contribution in [-0.2, 0) is 0 Å². The standard InChI is InChI=1S/C14H21BrClNO/c1-3-5-12(10-17-8-4-2)18-14-7-6-11(16)9-13(14)15/h6-7,9,12,17H,3-5,8,10H2,1-2H3. The predicted molar refractivity (Wildman–Crippen MR) is 81.6 cm³/mol. The van der Waals surface area contributed by atoms with Gasteiger partial charge in [-0.1, -0.05) is 31.9 Å². The van der Waals surface area contributed by atoms with Crippen molar-refractivity contribution in [1.82, 2.24) is 5.32 Å². The van der Waals surface area contributed by atoms with Crippen LogP contribution in [0.4, 0.5) is 0 Å². The first-order valence-corrected chi connectivity index (χ1v) is 7.66. The summed E-state index contributed by atoms with van der Waals surface area (Å²) < 4.78 is 6.93. The van der Waals surface area contributed by atoms with E-state index in [-0.39, 0.29) is 6.10 Å². The number of halogens is 2. The molecule has 102 valence electrons. The van der Waals surface area contributed by atoms with Crippen LogP contribution >= 0.6 is 27.5 Å². The van der Waals surface area contributed by atoms with Gasteiger partial charge in [0.2, 0.25) is 0 Å². The SMILES string of the molecule is CCCNCC(CCC)Oc1ccc(Cl)cc1Br. The van der Waals surface area contributed by atoms with E-state index < -0.39 is 0 Å². The molecule has 1 rings (SSSR count). The average molecular weight is 335 g/mol. The molecule has 1 aromatic rings. The third kappa shape index (κ3) is 5.59. The summed E-state index contributed by atoms with van der Waals surface area (Å²) in [6.45, 7) is 6.26. The maximum atomic E-state index is 6.02. The van der Waals surface area contributed by atoms with Crippen molar-refractivity contribution in [2.24, 2.45) is 0 Å². The lowest BCUT2D eigenvalue weighted by atomic mass is 10.2. The summed E-state index contributed by atoms with van der Waals surface area (Å²) in [5, 5.41) is 4.12. The van der Waals surface area contributed by atoms with Gasteiger partial charge in [0.25, 0.3) is 0 Å². The van der Waals surface area contributed by atoms with Crippen molar-refractivity contribution >= 4 is 27.5 Å². The minimum Gasteiger partial charge on any atom is -0.488 e. The molecule has 0 heterocycles. The number of hydrogen-bond donors (Lipinski definition) is 1. The number of rotatable bonds is 8. The Morgan fingerprint density at radius 1 is 1.33 bits per heavy atom. The van der Waals surface area contributed by atoms with Gasteiger partial charge in [-0.3, -0.25) is 0 Å². The van der Waals surface area contributed by atoms with Crippen molar-refractivity contribution < 1.29 is 4.74 Å². The minimum atomic E-state index is 0.207. The molecule has 0 amide bonds. The third-order valence-electron chi connectivity index (χ3n) is 2.60. The van der Waals surface area contributed by atoms with Crippen LogP contribution in [0.15, 0.2) is 22.7 Å². The molecule has 1 N–H and O–H groups in total. The number of ether oxygens (including phenoxy) is 1. The van der Waals surface area contributed by atoms with E-state index in [2.05, 4.69) is 35.1 Å². The van der Waals surface area contributed by atoms with Crippen molar-refractivity contribution in [1.29, 1.82) is 0 Å². The Labute approximate surface area is 123 Å². The van der Waals surface area contributed by atoms with Crippen molar-refractivity contribution in [2.45, 2.75) is 39.2 Å². The van der Waals surface area contributed by atoms with Crippen LogP contribution in [0.1, 0.15) is 33.1 Å². The zero-order valence-corrected chi connectivity index (χ0v) is 13.4. The fourth-order valence-corrected chi connectivity index (χ4v) is 2.49. The van der Waals surface area contributed by atoms with E-state index in [9.17, 15) is 0 Å². The molecule has 0 radical (unpaired) electrons. The van der Waals surface area contributed by atoms with E-state index in [0.29, 0.717) is 5.02 Å². The fraction of sp³-hybridized carbons (Fsp3) is 0.571. The summed E-state index contributed by atoms with van der Waals surface area (Å²) in [4.78, 5) is 0. The van der Waals surface area contributed by atoms with E-state index in [1.165, 1.54) is 0 Å². The number of hydrogen-bond acceptors (Lipinski definition) is 2. The lowest BCUT2D eigenvalue weighted by Crippen LogP contribution is -2.31. The van der Waals surface area contributed by atoms with Gasteiger partial charge in [0.15, 0.2) is 0 Å². The Hall–Kier alpha value is -0.250. The molecule has 0 aliphatic carbocycles. The molecule has 1 aromatic carbocycles. The predicted octanol–water partition coefficient (Wildman–Crippen LogP) is 4.65. The van der Waals surface area contributed by atoms with Gasteiger partial charge >= 0.3 is 0 Å². The zero-order chi connectivity index (χ0) is 13.4. The van der Waals surface area contributed by atoms with Crippen LogP contribution in [0.25, 0.3) is 0 Å². The molecule has 0 aliphatic heterocycles. The Bertz CT molecular complexity index is 360. The summed E-state index contributed by atoms with van der Waals surface area (Å²) in [5.41, 5.74) is 0. The Kier molecular flexibility index (Phi) is 7.71. The highest BCUT2D eigenvalue weighted by molar-refractivity contribution is 9.10. The van der Waals surface area contributed by atoms with Crippen molar-refractivity contribution in [2.75, 3.05) is 13.1 Å². The highest BCUT2D eigenvalue weighted by Gasteiger charge is 2.11. The van der Waals surface area contributed by atoms with Gasteiger partial charge in [0, 0.05) is 11.6 Å². The first-order chi connectivity index (χ1) is 8.67. The zero-order valence-electron chi connectivity index (χ0n) is 11.0. The molecule has 0 saturated heterocycles. The smallest absolute Gasteiger partial charge is 0.134 e. The number of nitrogens with one attached hydrogen (secondary N) is 1. The molecular weight excluding hydrogens is 314 g/mol. The van der Waals surface area contributed by atoms with Crippen molar-refractivity contribution in [3.05, 3.63) is 27.7 Å². The molecule has 1 unspecified atom stereocenters. The molecule has 0 bridgehead atoms. The van der Waals surface area contributed by atoms with Gasteiger partial charge in [0.05, 0.1) is 4.47 Å². The second kappa shape index (κ2) is 8.78. The van der Waals surface area contributed by atoms with Gasteiger partial charge in [-0.15, -0.1) is 0 Å². The molecule has 18 heavy (non-hydrogen) atoms. The van der Waals surface area contributed by atoms with Gasteiger partial charge in [-0.05, 0) is 53.5 Å². The quantitative estimate of drug-likeness (QED) is 0.699. The van der Waals surface area contributed by atoms with Gasteiger partial charge in [-0.2, -0.15) is 0 Å². The highest BCUT2D eigenvalue weighted by atomic mass is 79.9. The van der Waals surface area contributed by atoms with E-state index >= 15 is 0 Å². The Morgan fingerprint density at radius 2 is 2.11 bits per heavy atom. The highest BCUT2D eigenvalue weighted by Crippen LogP contribution is 2.29. The topological polar surface area (TPSA) is 21.3 Å². The van der Waals surface area contributed by atoms with Crippen LogP contribution in [0.5, 0.6) is 5.75 Å². The molecule has 0 saturated carbocycles. The summed E-state index contributed by atoms with van der Waals surface area (Å²) in [5.74, 6) is 0.858. The second-order valence-corrected chi connectivity index (χ2v) is 5.60. The first-order valence-electron chi connectivity index (χ1n) is 6.49. The van der Waals surface area contributed by atoms with Crippen LogP contribution in [0.3, 0.4) is 0 Å². The van der Waals surface area contributed by atoms with E-state index in [0.717, 1.165) is 42.6 Å². The van der Waals surface area contributed by atoms with Crippen molar-refractivity contribution in [3.8, 4) is 5.75 Å². The monoisotopic (exact) mass is 333 g/mol. The largest absolute Gasteiger partial charge is 0.488 e. The van der Waals surface area contributed by atoms with Crippen LogP contribution in [-0.4, -0.2) is 19.2 Å². The van der Waals surface area contributed by atoms with E-state index in [1.807, 2.05) is 18.2 Å². The van der Waals surface area contributed by atoms with E-state index in [1.54, 1.807) is 0 Å². The van der Waals surface area contributed by atoms with Crippen LogP contribution in [0, 0.1) is 0 Å². The molecule has 0 aliphatic rings. The molecule has 2 nitrogen and oxygen atoms in total. The third-order valence-corrected chi connectivity index (χ3v) is 3.45. The second-order valence-electron chi connectivity index (χ2n) is 4.31. The average Bonchev–Trinajstić information content (AvgIpc) is 2.33. The van der Waals surface area contributed by atoms with E-state index in [4.69, 9.17) is 16.3 Å². The molecule has 1 atom stereocenters. The maximum Gasteiger partial charge on any atom is 0.134 e. The molecule has 0 fully saturated rings. The molecule has 0 spiro atoms. The van der Waals surface area contributed by atoms with Gasteiger partial charge < -0.3 is 10.1 Å². The summed E-state index contributed by atoms with van der Waals surface area (Å²) in [7, 11) is 0. The molecule has 4 heteroatoms. The van der Waals surface area contributed by atoms with Gasteiger partial charge in [-0.25, -0.2) is 0 Å². The first kappa shape index (κ1) is 15.8. The summed E-state index contributed by atoms with van der Waals surface area (Å²) in [6.07, 6.45) is 3.51. The maximum absolute atomic E-state index is 6.02. The number of benzene rings is 1. The normalized spacial score (nSPS) is 12.4. The van der Waals surface area contributed by atoms with Gasteiger partial charge in [0.1, 0.15) is 11.9 Å². The lowest BCUT2D eigenvalue weighted by Gasteiger charge is -2.20. The Morgan fingerprint density at radius 3 is 2.72 bits per heavy atom. The minimum absolute atomic E-state index is 0.207. The summed E-state index contributed by atoms with van der Waals surface area (Å²) in [6, 6.07) is 5.62. The van der Waals surface area contributed by atoms with Crippen LogP contribution < -0.4 is 10.1 Å². The summed E-state index contributed by atoms with van der Waals surface area (Å²) >= 11 is 9.40. The van der Waals surface area contributed by atoms with Crippen LogP contribution in [0.2, 0.25) is 5.02 Å². The van der Waals surface area contributed by atoms with Crippen molar-refractivity contribution in [3.63, 3.8) is 0 Å². The fourth-order valence-electron chi connectivity index (χ4n) is 1.71. The molecular formula is C14H21BrClNO.